The van der Waals surface area contributed by atoms with E-state index in [4.69, 9.17) is 5.73 Å². The summed E-state index contributed by atoms with van der Waals surface area (Å²) in [4.78, 5) is 4.67. The van der Waals surface area contributed by atoms with E-state index in [9.17, 15) is 0 Å². The molecule has 2 N–H and O–H groups in total. The summed E-state index contributed by atoms with van der Waals surface area (Å²) in [6, 6.07) is 8.24. The van der Waals surface area contributed by atoms with Crippen LogP contribution in [0.5, 0.6) is 0 Å². The van der Waals surface area contributed by atoms with Gasteiger partial charge in [0.05, 0.1) is 0 Å². The quantitative estimate of drug-likeness (QED) is 0.840. The van der Waals surface area contributed by atoms with Crippen molar-refractivity contribution >= 4 is 28.1 Å². The zero-order chi connectivity index (χ0) is 13.1. The van der Waals surface area contributed by atoms with Crippen LogP contribution in [0.25, 0.3) is 11.3 Å². The molecule has 0 fully saturated rings. The molecule has 0 atom stereocenters. The Morgan fingerprint density at radius 2 is 2.06 bits per heavy atom. The maximum Gasteiger partial charge on any atom is 0.152 e. The standard InChI is InChI=1S/C14H18N2S2/c1-9(2)8-17-14-16-12(13(15)18-14)11-7-5-4-6-10(11)3/h4-7,9H,8,15H2,1-3H3. The number of nitrogen functional groups attached to an aromatic ring is 1. The lowest BCUT2D eigenvalue weighted by molar-refractivity contribution is 0.750. The highest BCUT2D eigenvalue weighted by atomic mass is 32.2. The van der Waals surface area contributed by atoms with E-state index in [1.807, 2.05) is 12.1 Å². The van der Waals surface area contributed by atoms with Crippen molar-refractivity contribution in [1.29, 1.82) is 0 Å². The molecule has 0 spiro atoms. The number of rotatable bonds is 4. The van der Waals surface area contributed by atoms with Crippen LogP contribution in [-0.4, -0.2) is 10.7 Å². The van der Waals surface area contributed by atoms with E-state index in [1.54, 1.807) is 23.1 Å². The molecule has 4 heteroatoms. The fourth-order valence-electron chi connectivity index (χ4n) is 1.64. The average molecular weight is 278 g/mol. The van der Waals surface area contributed by atoms with Crippen molar-refractivity contribution in [3.05, 3.63) is 29.8 Å². The molecule has 0 aliphatic carbocycles. The highest BCUT2D eigenvalue weighted by Crippen LogP contribution is 2.36. The predicted octanol–water partition coefficient (Wildman–Crippen LogP) is 4.45. The van der Waals surface area contributed by atoms with Crippen LogP contribution in [0.1, 0.15) is 19.4 Å². The first-order valence-corrected chi connectivity index (χ1v) is 7.83. The minimum atomic E-state index is 0.669. The van der Waals surface area contributed by atoms with Crippen LogP contribution in [0.4, 0.5) is 5.00 Å². The van der Waals surface area contributed by atoms with Crippen LogP contribution < -0.4 is 5.73 Å². The van der Waals surface area contributed by atoms with Gasteiger partial charge in [0, 0.05) is 11.3 Å². The molecule has 0 aliphatic heterocycles. The number of benzene rings is 1. The second-order valence-corrected chi connectivity index (χ2v) is 7.01. The topological polar surface area (TPSA) is 38.9 Å². The van der Waals surface area contributed by atoms with E-state index in [-0.39, 0.29) is 0 Å². The maximum atomic E-state index is 6.09. The molecule has 1 heterocycles. The fourth-order valence-corrected chi connectivity index (χ4v) is 3.56. The van der Waals surface area contributed by atoms with E-state index >= 15 is 0 Å². The van der Waals surface area contributed by atoms with Gasteiger partial charge in [0.15, 0.2) is 4.34 Å². The predicted molar refractivity (Wildman–Crippen MR) is 82.3 cm³/mol. The first kappa shape index (κ1) is 13.4. The summed E-state index contributed by atoms with van der Waals surface area (Å²) in [7, 11) is 0. The van der Waals surface area contributed by atoms with Gasteiger partial charge in [-0.05, 0) is 18.4 Å². The monoisotopic (exact) mass is 278 g/mol. The summed E-state index contributed by atoms with van der Waals surface area (Å²) in [5.74, 6) is 1.75. The van der Waals surface area contributed by atoms with Gasteiger partial charge in [0.25, 0.3) is 0 Å². The van der Waals surface area contributed by atoms with Gasteiger partial charge in [0.1, 0.15) is 10.7 Å². The molecule has 0 saturated carbocycles. The summed E-state index contributed by atoms with van der Waals surface area (Å²) >= 11 is 3.38. The van der Waals surface area contributed by atoms with Gasteiger partial charge in [0.2, 0.25) is 0 Å². The van der Waals surface area contributed by atoms with Gasteiger partial charge in [-0.2, -0.15) is 0 Å². The maximum absolute atomic E-state index is 6.09. The van der Waals surface area contributed by atoms with Crippen molar-refractivity contribution in [2.45, 2.75) is 25.1 Å². The number of hydrogen-bond acceptors (Lipinski definition) is 4. The summed E-state index contributed by atoms with van der Waals surface area (Å²) in [5, 5.41) is 0.815. The Morgan fingerprint density at radius 3 is 2.72 bits per heavy atom. The zero-order valence-electron chi connectivity index (χ0n) is 10.9. The van der Waals surface area contributed by atoms with E-state index in [0.29, 0.717) is 5.92 Å². The van der Waals surface area contributed by atoms with Crippen LogP contribution >= 0.6 is 23.1 Å². The molecule has 0 bridgehead atoms. The van der Waals surface area contributed by atoms with E-state index in [0.717, 1.165) is 26.4 Å². The smallest absolute Gasteiger partial charge is 0.152 e. The Balaban J connectivity index is 2.27. The third-order valence-corrected chi connectivity index (χ3v) is 5.03. The molecule has 0 amide bonds. The van der Waals surface area contributed by atoms with Gasteiger partial charge >= 0.3 is 0 Å². The molecule has 2 aromatic rings. The number of nitrogens with zero attached hydrogens (tertiary/aromatic N) is 1. The van der Waals surface area contributed by atoms with Crippen LogP contribution in [0.3, 0.4) is 0 Å². The number of anilines is 1. The molecule has 18 heavy (non-hydrogen) atoms. The molecule has 96 valence electrons. The first-order valence-electron chi connectivity index (χ1n) is 6.03. The second-order valence-electron chi connectivity index (χ2n) is 4.71. The third kappa shape index (κ3) is 3.06. The highest BCUT2D eigenvalue weighted by molar-refractivity contribution is 8.01. The Labute approximate surface area is 117 Å². The number of hydrogen-bond donors (Lipinski definition) is 1. The molecule has 0 radical (unpaired) electrons. The summed E-state index contributed by atoms with van der Waals surface area (Å²) < 4.78 is 1.07. The van der Waals surface area contributed by atoms with Crippen molar-refractivity contribution in [3.8, 4) is 11.3 Å². The lowest BCUT2D eigenvalue weighted by Crippen LogP contribution is -1.90. The molecule has 2 rings (SSSR count). The largest absolute Gasteiger partial charge is 0.389 e. The Hall–Kier alpha value is -1.00. The van der Waals surface area contributed by atoms with Gasteiger partial charge in [-0.3, -0.25) is 0 Å². The summed E-state index contributed by atoms with van der Waals surface area (Å²) in [6.07, 6.45) is 0. The minimum Gasteiger partial charge on any atom is -0.389 e. The molecule has 0 aliphatic rings. The average Bonchev–Trinajstić information content (AvgIpc) is 2.69. The third-order valence-electron chi connectivity index (χ3n) is 2.57. The zero-order valence-corrected chi connectivity index (χ0v) is 12.6. The lowest BCUT2D eigenvalue weighted by atomic mass is 10.1. The van der Waals surface area contributed by atoms with Crippen LogP contribution in [-0.2, 0) is 0 Å². The van der Waals surface area contributed by atoms with Gasteiger partial charge < -0.3 is 5.73 Å². The number of nitrogens with two attached hydrogens (primary N) is 1. The lowest BCUT2D eigenvalue weighted by Gasteiger charge is -2.02. The summed E-state index contributed by atoms with van der Waals surface area (Å²) in [6.45, 7) is 6.52. The van der Waals surface area contributed by atoms with Crippen molar-refractivity contribution in [3.63, 3.8) is 0 Å². The van der Waals surface area contributed by atoms with Crippen molar-refractivity contribution in [2.24, 2.45) is 5.92 Å². The number of thioether (sulfide) groups is 1. The molecule has 2 nitrogen and oxygen atoms in total. The number of aryl methyl sites for hydroxylation is 1. The molecule has 1 aromatic carbocycles. The van der Waals surface area contributed by atoms with Crippen molar-refractivity contribution < 1.29 is 0 Å². The Bertz CT molecular complexity index is 532. The fraction of sp³-hybridized carbons (Fsp3) is 0.357. The minimum absolute atomic E-state index is 0.669. The molecule has 0 unspecified atom stereocenters. The molecule has 0 saturated heterocycles. The molecular formula is C14H18N2S2. The van der Waals surface area contributed by atoms with Crippen molar-refractivity contribution in [2.75, 3.05) is 11.5 Å². The van der Waals surface area contributed by atoms with Gasteiger partial charge in [-0.25, -0.2) is 4.98 Å². The molecular weight excluding hydrogens is 260 g/mol. The van der Waals surface area contributed by atoms with Gasteiger partial charge in [-0.1, -0.05) is 61.2 Å². The van der Waals surface area contributed by atoms with Gasteiger partial charge in [-0.15, -0.1) is 0 Å². The number of aromatic nitrogens is 1. The Kier molecular flexibility index (Phi) is 4.30. The van der Waals surface area contributed by atoms with E-state index < -0.39 is 0 Å². The highest BCUT2D eigenvalue weighted by Gasteiger charge is 2.12. The van der Waals surface area contributed by atoms with E-state index in [2.05, 4.69) is 37.9 Å². The normalized spacial score (nSPS) is 11.1. The van der Waals surface area contributed by atoms with Crippen LogP contribution in [0.2, 0.25) is 0 Å². The Morgan fingerprint density at radius 1 is 1.33 bits per heavy atom. The van der Waals surface area contributed by atoms with Crippen LogP contribution in [0.15, 0.2) is 28.6 Å². The summed E-state index contributed by atoms with van der Waals surface area (Å²) in [5.41, 5.74) is 9.38. The molecule has 1 aromatic heterocycles. The first-order chi connectivity index (χ1) is 8.58. The second kappa shape index (κ2) is 5.76. The van der Waals surface area contributed by atoms with Crippen LogP contribution in [0, 0.1) is 12.8 Å². The van der Waals surface area contributed by atoms with Crippen molar-refractivity contribution in [1.82, 2.24) is 4.98 Å². The number of thiazole rings is 1. The SMILES string of the molecule is Cc1ccccc1-c1nc(SCC(C)C)sc1N. The van der Waals surface area contributed by atoms with E-state index in [1.165, 1.54) is 5.56 Å².